The maximum absolute atomic E-state index is 14.6. The van der Waals surface area contributed by atoms with Crippen molar-refractivity contribution in [2.24, 2.45) is 0 Å². The van der Waals surface area contributed by atoms with Crippen LogP contribution in [0.4, 0.5) is 24.1 Å². The summed E-state index contributed by atoms with van der Waals surface area (Å²) in [4.78, 5) is 54.0. The van der Waals surface area contributed by atoms with Gasteiger partial charge >= 0.3 is 12.1 Å². The quantitative estimate of drug-likeness (QED) is 0.613. The van der Waals surface area contributed by atoms with Gasteiger partial charge in [0.2, 0.25) is 11.5 Å². The maximum Gasteiger partial charge on any atom is 0.418 e. The molecule has 2 saturated heterocycles. The molecule has 1 unspecified atom stereocenters. The molecule has 9 nitrogen and oxygen atoms in total. The summed E-state index contributed by atoms with van der Waals surface area (Å²) in [6, 6.07) is 7.03. The Balaban J connectivity index is 1.38. The van der Waals surface area contributed by atoms with Crippen LogP contribution in [0.2, 0.25) is 0 Å². The Labute approximate surface area is 218 Å². The first-order chi connectivity index (χ1) is 18.2. The number of fused-ring (bicyclic) bond motifs is 2. The minimum absolute atomic E-state index is 0.202. The van der Waals surface area contributed by atoms with Gasteiger partial charge in [0.25, 0.3) is 5.91 Å². The fourth-order valence-corrected chi connectivity index (χ4v) is 5.88. The highest BCUT2D eigenvalue weighted by Gasteiger charge is 2.58. The van der Waals surface area contributed by atoms with Crippen molar-refractivity contribution < 1.29 is 32.7 Å². The number of urea groups is 1. The third-order valence-electron chi connectivity index (χ3n) is 7.72. The van der Waals surface area contributed by atoms with Gasteiger partial charge in [0.15, 0.2) is 0 Å². The van der Waals surface area contributed by atoms with Crippen molar-refractivity contribution >= 4 is 29.6 Å². The van der Waals surface area contributed by atoms with Gasteiger partial charge in [0.05, 0.1) is 6.04 Å². The second kappa shape index (κ2) is 9.70. The van der Waals surface area contributed by atoms with Gasteiger partial charge in [-0.15, -0.1) is 0 Å². The lowest BCUT2D eigenvalue weighted by molar-refractivity contribution is -0.143. The van der Waals surface area contributed by atoms with E-state index in [4.69, 9.17) is 4.74 Å². The third-order valence-corrected chi connectivity index (χ3v) is 7.72. The molecular weight excluding hydrogens is 498 g/mol. The lowest BCUT2D eigenvalue weighted by Crippen LogP contribution is -2.46. The zero-order valence-corrected chi connectivity index (χ0v) is 21.1. The maximum atomic E-state index is 14.6. The van der Waals surface area contributed by atoms with E-state index in [2.05, 4.69) is 10.6 Å². The van der Waals surface area contributed by atoms with Crippen molar-refractivity contribution in [3.05, 3.63) is 64.7 Å². The molecule has 3 atom stereocenters. The highest BCUT2D eigenvalue weighted by Crippen LogP contribution is 2.46. The van der Waals surface area contributed by atoms with Crippen LogP contribution in [0.25, 0.3) is 0 Å². The molecule has 0 radical (unpaired) electrons. The molecule has 0 saturated carbocycles. The summed E-state index contributed by atoms with van der Waals surface area (Å²) in [7, 11) is 1.49. The molecule has 200 valence electrons. The van der Waals surface area contributed by atoms with Crippen LogP contribution >= 0.6 is 0 Å². The van der Waals surface area contributed by atoms with Crippen LogP contribution < -0.4 is 10.6 Å². The van der Waals surface area contributed by atoms with Gasteiger partial charge in [0, 0.05) is 42.4 Å². The number of likely N-dealkylation sites (tertiary alicyclic amines) is 1. The Bertz CT molecular complexity index is 1330. The molecular formula is C27H28F2N4O5. The fourth-order valence-electron chi connectivity index (χ4n) is 5.88. The van der Waals surface area contributed by atoms with E-state index in [0.717, 1.165) is 22.6 Å². The van der Waals surface area contributed by atoms with Gasteiger partial charge in [-0.3, -0.25) is 9.59 Å². The monoisotopic (exact) mass is 526 g/mol. The molecule has 1 spiro atoms. The summed E-state index contributed by atoms with van der Waals surface area (Å²) in [5.41, 5.74) is 0.476. The highest BCUT2D eigenvalue weighted by molar-refractivity contribution is 6.06. The van der Waals surface area contributed by atoms with E-state index in [1.807, 2.05) is 6.92 Å². The number of hydrogen-bond donors (Lipinski definition) is 2. The number of nitrogens with one attached hydrogen (secondary N) is 2. The SMILES string of the molecule is CC[C@H]1CC[C@@H](c2ccc(F)cc2F)N1C(=O)CN1C(=O)OC2(CCc3cc(NC(=O)NC)ccc32)C1=O. The summed E-state index contributed by atoms with van der Waals surface area (Å²) in [6.07, 6.45) is 1.44. The van der Waals surface area contributed by atoms with Crippen molar-refractivity contribution in [3.8, 4) is 0 Å². The van der Waals surface area contributed by atoms with Crippen LogP contribution in [0.3, 0.4) is 0 Å². The van der Waals surface area contributed by atoms with E-state index in [1.54, 1.807) is 18.2 Å². The van der Waals surface area contributed by atoms with Crippen LogP contribution in [0.15, 0.2) is 36.4 Å². The normalized spacial score (nSPS) is 24.1. The second-order valence-corrected chi connectivity index (χ2v) is 9.78. The van der Waals surface area contributed by atoms with Crippen molar-refractivity contribution in [3.63, 3.8) is 0 Å². The first kappa shape index (κ1) is 25.6. The van der Waals surface area contributed by atoms with E-state index in [-0.39, 0.29) is 18.0 Å². The Kier molecular flexibility index (Phi) is 6.54. The highest BCUT2D eigenvalue weighted by atomic mass is 19.1. The molecule has 5 amide bonds. The smallest absolute Gasteiger partial charge is 0.418 e. The van der Waals surface area contributed by atoms with Crippen LogP contribution in [0.5, 0.6) is 0 Å². The fraction of sp³-hybridized carbons (Fsp3) is 0.407. The van der Waals surface area contributed by atoms with E-state index >= 15 is 0 Å². The number of nitrogens with zero attached hydrogens (tertiary/aromatic N) is 2. The first-order valence-electron chi connectivity index (χ1n) is 12.6. The van der Waals surface area contributed by atoms with Gasteiger partial charge in [-0.2, -0.15) is 0 Å². The largest absolute Gasteiger partial charge is 0.427 e. The molecule has 38 heavy (non-hydrogen) atoms. The topological polar surface area (TPSA) is 108 Å². The molecule has 3 aliphatic rings. The summed E-state index contributed by atoms with van der Waals surface area (Å²) in [5.74, 6) is -2.58. The van der Waals surface area contributed by atoms with E-state index < -0.39 is 53.8 Å². The van der Waals surface area contributed by atoms with Gasteiger partial charge in [-0.1, -0.05) is 19.1 Å². The number of ether oxygens (including phenoxy) is 1. The molecule has 2 aromatic carbocycles. The molecule has 2 fully saturated rings. The minimum Gasteiger partial charge on any atom is -0.427 e. The zero-order chi connectivity index (χ0) is 27.2. The number of hydrogen-bond acceptors (Lipinski definition) is 5. The lowest BCUT2D eigenvalue weighted by atomic mass is 9.94. The zero-order valence-electron chi connectivity index (χ0n) is 21.1. The molecule has 2 heterocycles. The van der Waals surface area contributed by atoms with E-state index in [0.29, 0.717) is 36.9 Å². The van der Waals surface area contributed by atoms with Gasteiger partial charge in [-0.05, 0) is 49.4 Å². The summed E-state index contributed by atoms with van der Waals surface area (Å²) in [6.45, 7) is 1.36. The lowest BCUT2D eigenvalue weighted by Gasteiger charge is -2.31. The second-order valence-electron chi connectivity index (χ2n) is 9.78. The van der Waals surface area contributed by atoms with Crippen LogP contribution in [0, 0.1) is 11.6 Å². The van der Waals surface area contributed by atoms with Crippen LogP contribution in [-0.2, 0) is 26.3 Å². The predicted octanol–water partition coefficient (Wildman–Crippen LogP) is 3.98. The summed E-state index contributed by atoms with van der Waals surface area (Å²) < 4.78 is 33.7. The van der Waals surface area contributed by atoms with E-state index in [1.165, 1.54) is 18.0 Å². The summed E-state index contributed by atoms with van der Waals surface area (Å²) >= 11 is 0. The van der Waals surface area contributed by atoms with E-state index in [9.17, 15) is 28.0 Å². The molecule has 11 heteroatoms. The average Bonchev–Trinajstić information content (AvgIpc) is 3.54. The molecule has 2 N–H and O–H groups in total. The average molecular weight is 527 g/mol. The van der Waals surface area contributed by atoms with Crippen molar-refractivity contribution in [1.82, 2.24) is 15.1 Å². The molecule has 5 rings (SSSR count). The van der Waals surface area contributed by atoms with Crippen LogP contribution in [0.1, 0.15) is 55.3 Å². The molecule has 0 bridgehead atoms. The predicted molar refractivity (Wildman–Crippen MR) is 132 cm³/mol. The van der Waals surface area contributed by atoms with Crippen molar-refractivity contribution in [2.75, 3.05) is 18.9 Å². The first-order valence-corrected chi connectivity index (χ1v) is 12.6. The van der Waals surface area contributed by atoms with Gasteiger partial charge in [0.1, 0.15) is 18.2 Å². The Morgan fingerprint density at radius 1 is 1.13 bits per heavy atom. The Hall–Kier alpha value is -4.02. The number of benzene rings is 2. The van der Waals surface area contributed by atoms with Gasteiger partial charge < -0.3 is 20.3 Å². The number of amides is 5. The molecule has 2 aliphatic heterocycles. The number of rotatable bonds is 5. The minimum atomic E-state index is -1.53. The number of aryl methyl sites for hydroxylation is 1. The molecule has 2 aromatic rings. The van der Waals surface area contributed by atoms with Crippen molar-refractivity contribution in [1.29, 1.82) is 0 Å². The number of carbonyl (C=O) groups is 4. The Morgan fingerprint density at radius 2 is 1.92 bits per heavy atom. The van der Waals surface area contributed by atoms with Crippen LogP contribution in [-0.4, -0.2) is 53.4 Å². The van der Waals surface area contributed by atoms with Crippen molar-refractivity contribution in [2.45, 2.75) is 56.7 Å². The number of carbonyl (C=O) groups excluding carboxylic acids is 4. The number of halogens is 2. The standard InChI is InChI=1S/C27H28F2N4O5/c1-3-18-6-9-22(19-7-4-16(28)13-21(19)29)33(18)23(34)14-32-24(35)27(38-26(32)37)11-10-15-12-17(5-8-20(15)27)31-25(36)30-2/h4-5,7-8,12-13,18,22H,3,6,9-11,14H2,1-2H3,(H2,30,31,36)/t18-,22-,27?/m0/s1. The molecule has 1 aliphatic carbocycles. The Morgan fingerprint density at radius 3 is 2.63 bits per heavy atom. The number of anilines is 1. The summed E-state index contributed by atoms with van der Waals surface area (Å²) in [5, 5.41) is 5.13. The third kappa shape index (κ3) is 4.15. The van der Waals surface area contributed by atoms with Gasteiger partial charge in [-0.25, -0.2) is 23.3 Å². The molecule has 0 aromatic heterocycles. The number of imide groups is 1.